The van der Waals surface area contributed by atoms with Crippen molar-refractivity contribution in [2.75, 3.05) is 18.1 Å². The number of carbonyl (C=O) groups is 2. The number of hydrogen-bond donors (Lipinski definition) is 1. The van der Waals surface area contributed by atoms with E-state index in [9.17, 15) is 9.59 Å². The van der Waals surface area contributed by atoms with Crippen LogP contribution in [0.15, 0.2) is 23.3 Å². The number of rotatable bonds is 4. The third kappa shape index (κ3) is 3.98. The molecule has 3 heterocycles. The first-order valence-corrected chi connectivity index (χ1v) is 11.2. The van der Waals surface area contributed by atoms with Crippen LogP contribution in [0.2, 0.25) is 0 Å². The topological polar surface area (TPSA) is 94.6 Å². The van der Waals surface area contributed by atoms with E-state index in [4.69, 9.17) is 0 Å². The molecule has 1 saturated heterocycles. The first-order valence-electron chi connectivity index (χ1n) is 11.2. The fourth-order valence-corrected chi connectivity index (χ4v) is 4.38. The highest BCUT2D eigenvalue weighted by atomic mass is 16.2. The van der Waals surface area contributed by atoms with Crippen molar-refractivity contribution in [1.82, 2.24) is 20.1 Å². The number of likely N-dealkylation sites (tertiary alicyclic amines) is 1. The predicted molar refractivity (Wildman–Crippen MR) is 117 cm³/mol. The lowest BCUT2D eigenvalue weighted by Gasteiger charge is -2.32. The molecular formula is C23H28N6O2. The SMILES string of the molecule is Cc1ccc(C)c(N2N=C(C(=O)N3CCC(c4nc(C5CC5)n[nH]4)CC3)CCC2=O)c1. The molecule has 2 fully saturated rings. The fraction of sp³-hybridized carbons (Fsp3) is 0.522. The first kappa shape index (κ1) is 19.9. The molecule has 0 spiro atoms. The highest BCUT2D eigenvalue weighted by Crippen LogP contribution is 2.38. The Morgan fingerprint density at radius 2 is 1.84 bits per heavy atom. The van der Waals surface area contributed by atoms with Gasteiger partial charge in [-0.15, -0.1) is 0 Å². The number of hydrogen-bond acceptors (Lipinski definition) is 5. The Morgan fingerprint density at radius 1 is 1.06 bits per heavy atom. The van der Waals surface area contributed by atoms with Gasteiger partial charge in [0.05, 0.1) is 5.69 Å². The van der Waals surface area contributed by atoms with Crippen LogP contribution >= 0.6 is 0 Å². The number of benzene rings is 1. The van der Waals surface area contributed by atoms with Gasteiger partial charge in [0.2, 0.25) is 5.91 Å². The second-order valence-corrected chi connectivity index (χ2v) is 8.96. The summed E-state index contributed by atoms with van der Waals surface area (Å²) in [4.78, 5) is 32.2. The molecule has 1 N–H and O–H groups in total. The molecule has 0 unspecified atom stereocenters. The average Bonchev–Trinajstić information content (AvgIpc) is 3.52. The van der Waals surface area contributed by atoms with Crippen LogP contribution in [-0.4, -0.2) is 50.7 Å². The summed E-state index contributed by atoms with van der Waals surface area (Å²) in [5.41, 5.74) is 3.25. The lowest BCUT2D eigenvalue weighted by molar-refractivity contribution is -0.125. The highest BCUT2D eigenvalue weighted by Gasteiger charge is 2.33. The van der Waals surface area contributed by atoms with Gasteiger partial charge in [0, 0.05) is 37.8 Å². The normalized spacial score (nSPS) is 20.2. The Kier molecular flexibility index (Phi) is 5.08. The van der Waals surface area contributed by atoms with Crippen molar-refractivity contribution < 1.29 is 9.59 Å². The minimum atomic E-state index is -0.0688. The molecule has 1 aliphatic carbocycles. The number of amides is 2. The molecule has 0 bridgehead atoms. The third-order valence-electron chi connectivity index (χ3n) is 6.50. The van der Waals surface area contributed by atoms with Crippen molar-refractivity contribution >= 4 is 23.2 Å². The zero-order chi connectivity index (χ0) is 21.5. The molecule has 8 heteroatoms. The number of aromatic amines is 1. The van der Waals surface area contributed by atoms with Gasteiger partial charge in [-0.05, 0) is 56.7 Å². The number of H-pyrrole nitrogens is 1. The number of aryl methyl sites for hydroxylation is 2. The van der Waals surface area contributed by atoms with E-state index in [2.05, 4.69) is 20.3 Å². The van der Waals surface area contributed by atoms with Gasteiger partial charge in [-0.25, -0.2) is 9.99 Å². The molecule has 2 aliphatic heterocycles. The maximum Gasteiger partial charge on any atom is 0.270 e. The summed E-state index contributed by atoms with van der Waals surface area (Å²) >= 11 is 0. The molecule has 5 rings (SSSR count). The Hall–Kier alpha value is -3.03. The van der Waals surface area contributed by atoms with E-state index in [0.717, 1.165) is 41.3 Å². The molecule has 0 radical (unpaired) electrons. The van der Waals surface area contributed by atoms with Gasteiger partial charge in [0.25, 0.3) is 5.91 Å². The Labute approximate surface area is 181 Å². The minimum Gasteiger partial charge on any atom is -0.337 e. The number of nitrogens with one attached hydrogen (secondary N) is 1. The van der Waals surface area contributed by atoms with E-state index in [0.29, 0.717) is 43.5 Å². The molecule has 2 aromatic rings. The van der Waals surface area contributed by atoms with E-state index < -0.39 is 0 Å². The van der Waals surface area contributed by atoms with E-state index >= 15 is 0 Å². The summed E-state index contributed by atoms with van der Waals surface area (Å²) in [5, 5.41) is 13.4. The van der Waals surface area contributed by atoms with Crippen molar-refractivity contribution in [3.05, 3.63) is 41.0 Å². The number of carbonyl (C=O) groups excluding carboxylic acids is 2. The van der Waals surface area contributed by atoms with E-state index in [1.165, 1.54) is 17.9 Å². The summed E-state index contributed by atoms with van der Waals surface area (Å²) in [5.74, 6) is 2.62. The minimum absolute atomic E-state index is 0.0579. The van der Waals surface area contributed by atoms with Gasteiger partial charge >= 0.3 is 0 Å². The van der Waals surface area contributed by atoms with Crippen LogP contribution in [0.5, 0.6) is 0 Å². The lowest BCUT2D eigenvalue weighted by atomic mass is 9.95. The zero-order valence-corrected chi connectivity index (χ0v) is 18.1. The van der Waals surface area contributed by atoms with Crippen molar-refractivity contribution in [2.24, 2.45) is 5.10 Å². The van der Waals surface area contributed by atoms with Crippen LogP contribution in [0.4, 0.5) is 5.69 Å². The molecule has 31 heavy (non-hydrogen) atoms. The molecule has 0 atom stereocenters. The Balaban J connectivity index is 1.27. The molecule has 3 aliphatic rings. The molecule has 1 aromatic heterocycles. The van der Waals surface area contributed by atoms with Crippen molar-refractivity contribution in [2.45, 2.75) is 64.2 Å². The summed E-state index contributed by atoms with van der Waals surface area (Å²) in [6.45, 7) is 5.27. The van der Waals surface area contributed by atoms with E-state index in [-0.39, 0.29) is 11.8 Å². The molecule has 8 nitrogen and oxygen atoms in total. The average molecular weight is 421 g/mol. The highest BCUT2D eigenvalue weighted by molar-refractivity contribution is 6.40. The van der Waals surface area contributed by atoms with Gasteiger partial charge in [0.15, 0.2) is 5.82 Å². The molecule has 2 amide bonds. The maximum atomic E-state index is 13.2. The van der Waals surface area contributed by atoms with Crippen molar-refractivity contribution in [3.63, 3.8) is 0 Å². The van der Waals surface area contributed by atoms with Gasteiger partial charge in [-0.1, -0.05) is 12.1 Å². The number of piperidine rings is 1. The molecule has 1 aromatic carbocycles. The van der Waals surface area contributed by atoms with Crippen molar-refractivity contribution in [1.29, 1.82) is 0 Å². The van der Waals surface area contributed by atoms with Crippen LogP contribution in [0, 0.1) is 13.8 Å². The Morgan fingerprint density at radius 3 is 2.58 bits per heavy atom. The van der Waals surface area contributed by atoms with Crippen LogP contribution in [-0.2, 0) is 9.59 Å². The van der Waals surface area contributed by atoms with Gasteiger partial charge in [-0.2, -0.15) is 10.2 Å². The van der Waals surface area contributed by atoms with Crippen LogP contribution in [0.3, 0.4) is 0 Å². The quantitative estimate of drug-likeness (QED) is 0.822. The summed E-state index contributed by atoms with van der Waals surface area (Å²) < 4.78 is 0. The van der Waals surface area contributed by atoms with Gasteiger partial charge in [0.1, 0.15) is 11.5 Å². The van der Waals surface area contributed by atoms with Gasteiger partial charge < -0.3 is 4.90 Å². The fourth-order valence-electron chi connectivity index (χ4n) is 4.38. The number of anilines is 1. The second kappa shape index (κ2) is 7.90. The molecule has 1 saturated carbocycles. The zero-order valence-electron chi connectivity index (χ0n) is 18.1. The summed E-state index contributed by atoms with van der Waals surface area (Å²) in [6.07, 6.45) is 4.79. The maximum absolute atomic E-state index is 13.2. The third-order valence-corrected chi connectivity index (χ3v) is 6.50. The predicted octanol–water partition coefficient (Wildman–Crippen LogP) is 3.19. The largest absolute Gasteiger partial charge is 0.337 e. The first-order chi connectivity index (χ1) is 15.0. The standard InChI is InChI=1S/C23H28N6O2/c1-14-3-4-15(2)19(13-14)29-20(30)8-7-18(27-29)23(31)28-11-9-17(10-12-28)22-24-21(25-26-22)16-5-6-16/h3-4,13,16-17H,5-12H2,1-2H3,(H,24,25,26). The Bertz CT molecular complexity index is 1050. The van der Waals surface area contributed by atoms with Crippen LogP contribution in [0.1, 0.15) is 73.1 Å². The van der Waals surface area contributed by atoms with Crippen LogP contribution in [0.25, 0.3) is 0 Å². The van der Waals surface area contributed by atoms with Crippen molar-refractivity contribution in [3.8, 4) is 0 Å². The molecule has 162 valence electrons. The second-order valence-electron chi connectivity index (χ2n) is 8.96. The summed E-state index contributed by atoms with van der Waals surface area (Å²) in [6, 6.07) is 5.94. The van der Waals surface area contributed by atoms with Crippen LogP contribution < -0.4 is 5.01 Å². The van der Waals surface area contributed by atoms with Gasteiger partial charge in [-0.3, -0.25) is 14.7 Å². The smallest absolute Gasteiger partial charge is 0.270 e. The lowest BCUT2D eigenvalue weighted by Crippen LogP contribution is -2.44. The monoisotopic (exact) mass is 420 g/mol. The van der Waals surface area contributed by atoms with E-state index in [1.807, 2.05) is 36.9 Å². The van der Waals surface area contributed by atoms with E-state index in [1.54, 1.807) is 0 Å². The molecular weight excluding hydrogens is 392 g/mol. The number of aromatic nitrogens is 3. The number of hydrazone groups is 1. The summed E-state index contributed by atoms with van der Waals surface area (Å²) in [7, 11) is 0. The number of nitrogens with zero attached hydrogens (tertiary/aromatic N) is 5.